The molecule has 6 heteroatoms. The van der Waals surface area contributed by atoms with Crippen molar-refractivity contribution in [1.82, 2.24) is 4.57 Å². The second kappa shape index (κ2) is 5.40. The number of hydrogen-bond donors (Lipinski definition) is 3. The van der Waals surface area contributed by atoms with E-state index in [0.29, 0.717) is 6.42 Å². The van der Waals surface area contributed by atoms with E-state index in [2.05, 4.69) is 4.99 Å². The van der Waals surface area contributed by atoms with Gasteiger partial charge in [-0.3, -0.25) is 4.99 Å². The van der Waals surface area contributed by atoms with Crippen molar-refractivity contribution in [3.05, 3.63) is 42.1 Å². The van der Waals surface area contributed by atoms with E-state index < -0.39 is 12.0 Å². The van der Waals surface area contributed by atoms with Crippen LogP contribution < -0.4 is 0 Å². The predicted molar refractivity (Wildman–Crippen MR) is 83.2 cm³/mol. The second-order valence-corrected chi connectivity index (χ2v) is 5.04. The van der Waals surface area contributed by atoms with Crippen LogP contribution in [0.4, 0.5) is 0 Å². The molecule has 1 aromatic carbocycles. The third-order valence-corrected chi connectivity index (χ3v) is 3.53. The van der Waals surface area contributed by atoms with Crippen molar-refractivity contribution in [3.8, 4) is 11.5 Å². The van der Waals surface area contributed by atoms with Gasteiger partial charge in [0.15, 0.2) is 17.5 Å². The third kappa shape index (κ3) is 2.58. The summed E-state index contributed by atoms with van der Waals surface area (Å²) < 4.78 is 1.79. The Morgan fingerprint density at radius 3 is 2.86 bits per heavy atom. The summed E-state index contributed by atoms with van der Waals surface area (Å²) in [4.78, 5) is 14.8. The Labute approximate surface area is 126 Å². The van der Waals surface area contributed by atoms with E-state index in [4.69, 9.17) is 5.11 Å². The summed E-state index contributed by atoms with van der Waals surface area (Å²) in [7, 11) is 0. The number of nitrogens with zero attached hydrogens (tertiary/aromatic N) is 2. The molecule has 0 spiro atoms. The number of rotatable bonds is 3. The van der Waals surface area contributed by atoms with Gasteiger partial charge in [-0.2, -0.15) is 0 Å². The van der Waals surface area contributed by atoms with Crippen molar-refractivity contribution in [2.75, 3.05) is 0 Å². The van der Waals surface area contributed by atoms with Gasteiger partial charge in [-0.15, -0.1) is 0 Å². The number of fused-ring (bicyclic) bond motifs is 1. The van der Waals surface area contributed by atoms with Gasteiger partial charge in [-0.25, -0.2) is 4.79 Å². The smallest absolute Gasteiger partial charge is 0.328 e. The first kappa shape index (κ1) is 13.9. The molecule has 3 N–H and O–H groups in total. The minimum absolute atomic E-state index is 0.162. The van der Waals surface area contributed by atoms with Crippen LogP contribution in [0, 0.1) is 0 Å². The van der Waals surface area contributed by atoms with E-state index in [1.165, 1.54) is 18.3 Å². The van der Waals surface area contributed by atoms with E-state index in [-0.39, 0.29) is 11.5 Å². The molecule has 0 amide bonds. The van der Waals surface area contributed by atoms with Crippen LogP contribution >= 0.6 is 0 Å². The first-order chi connectivity index (χ1) is 10.5. The fourth-order valence-electron chi connectivity index (χ4n) is 2.35. The summed E-state index contributed by atoms with van der Waals surface area (Å²) in [6.45, 7) is 0. The molecule has 112 valence electrons. The van der Waals surface area contributed by atoms with Gasteiger partial charge in [0.05, 0.1) is 5.52 Å². The number of aliphatic imine (C=N–C) groups is 1. The first-order valence-electron chi connectivity index (χ1n) is 6.70. The highest BCUT2D eigenvalue weighted by Crippen LogP contribution is 2.31. The Bertz CT molecular complexity index is 830. The lowest BCUT2D eigenvalue weighted by Crippen LogP contribution is -2.20. The topological polar surface area (TPSA) is 95.0 Å². The number of benzene rings is 1. The van der Waals surface area contributed by atoms with E-state index in [1.807, 2.05) is 12.1 Å². The van der Waals surface area contributed by atoms with Gasteiger partial charge in [0.2, 0.25) is 0 Å². The van der Waals surface area contributed by atoms with Gasteiger partial charge in [0.1, 0.15) is 0 Å². The highest BCUT2D eigenvalue weighted by atomic mass is 16.4. The summed E-state index contributed by atoms with van der Waals surface area (Å²) >= 11 is 0. The fraction of sp³-hybridized carbons (Fsp3) is 0.125. The van der Waals surface area contributed by atoms with Gasteiger partial charge < -0.3 is 19.9 Å². The van der Waals surface area contributed by atoms with Gasteiger partial charge in [-0.05, 0) is 29.9 Å². The van der Waals surface area contributed by atoms with Crippen LogP contribution in [0.2, 0.25) is 0 Å². The Morgan fingerprint density at radius 1 is 1.32 bits per heavy atom. The number of hydrogen-bond acceptors (Lipinski definition) is 4. The minimum atomic E-state index is -0.943. The van der Waals surface area contributed by atoms with Crippen LogP contribution in [0.3, 0.4) is 0 Å². The number of carbonyl (C=O) groups is 1. The molecule has 1 aromatic heterocycles. The van der Waals surface area contributed by atoms with Crippen molar-refractivity contribution in [3.63, 3.8) is 0 Å². The van der Waals surface area contributed by atoms with Crippen LogP contribution in [-0.4, -0.2) is 38.1 Å². The molecule has 0 fully saturated rings. The largest absolute Gasteiger partial charge is 0.504 e. The summed E-state index contributed by atoms with van der Waals surface area (Å²) in [5, 5.41) is 28.9. The normalized spacial score (nSPS) is 18.0. The number of dihydropyridines is 1. The SMILES string of the molecule is O=C(O)[C@@H]1CC(C=Cn2ccc3cc(O)c(O)cc32)=CC=N1. The van der Waals surface area contributed by atoms with E-state index in [0.717, 1.165) is 16.5 Å². The Morgan fingerprint density at radius 2 is 2.09 bits per heavy atom. The minimum Gasteiger partial charge on any atom is -0.504 e. The molecule has 3 rings (SSSR count). The van der Waals surface area contributed by atoms with Crippen LogP contribution in [0.5, 0.6) is 11.5 Å². The molecular weight excluding hydrogens is 284 g/mol. The lowest BCUT2D eigenvalue weighted by Gasteiger charge is -2.11. The Kier molecular flexibility index (Phi) is 3.42. The monoisotopic (exact) mass is 298 g/mol. The number of aliphatic carboxylic acids is 1. The van der Waals surface area contributed by atoms with E-state index in [1.54, 1.807) is 23.0 Å². The molecule has 0 saturated carbocycles. The Hall–Kier alpha value is -3.02. The van der Waals surface area contributed by atoms with Crippen molar-refractivity contribution in [2.24, 2.45) is 4.99 Å². The van der Waals surface area contributed by atoms with Crippen molar-refractivity contribution >= 4 is 29.3 Å². The van der Waals surface area contributed by atoms with Gasteiger partial charge in [0, 0.05) is 36.5 Å². The summed E-state index contributed by atoms with van der Waals surface area (Å²) in [5.41, 5.74) is 1.60. The molecule has 0 saturated heterocycles. The number of aromatic nitrogens is 1. The van der Waals surface area contributed by atoms with Crippen molar-refractivity contribution in [1.29, 1.82) is 0 Å². The van der Waals surface area contributed by atoms with Crippen LogP contribution in [0.1, 0.15) is 6.42 Å². The fourth-order valence-corrected chi connectivity index (χ4v) is 2.35. The zero-order valence-corrected chi connectivity index (χ0v) is 11.5. The number of aromatic hydroxyl groups is 2. The zero-order chi connectivity index (χ0) is 15.7. The summed E-state index contributed by atoms with van der Waals surface area (Å²) in [6.07, 6.45) is 9.00. The van der Waals surface area contributed by atoms with Crippen molar-refractivity contribution < 1.29 is 20.1 Å². The number of allylic oxidation sites excluding steroid dienone is 2. The molecule has 1 atom stereocenters. The summed E-state index contributed by atoms with van der Waals surface area (Å²) in [5.74, 6) is -1.29. The van der Waals surface area contributed by atoms with E-state index >= 15 is 0 Å². The molecule has 6 nitrogen and oxygen atoms in total. The quantitative estimate of drug-likeness (QED) is 0.758. The van der Waals surface area contributed by atoms with Gasteiger partial charge in [0.25, 0.3) is 0 Å². The van der Waals surface area contributed by atoms with Crippen LogP contribution in [0.15, 0.2) is 47.1 Å². The number of phenolic OH excluding ortho intramolecular Hbond substituents is 2. The number of phenols is 2. The van der Waals surface area contributed by atoms with Gasteiger partial charge in [-0.1, -0.05) is 0 Å². The highest BCUT2D eigenvalue weighted by molar-refractivity contribution is 5.86. The Balaban J connectivity index is 1.87. The molecule has 0 radical (unpaired) electrons. The average molecular weight is 298 g/mol. The average Bonchev–Trinajstić information content (AvgIpc) is 2.88. The highest BCUT2D eigenvalue weighted by Gasteiger charge is 2.18. The maximum Gasteiger partial charge on any atom is 0.328 e. The molecule has 1 aliphatic heterocycles. The van der Waals surface area contributed by atoms with Gasteiger partial charge >= 0.3 is 5.97 Å². The first-order valence-corrected chi connectivity index (χ1v) is 6.70. The predicted octanol–water partition coefficient (Wildman–Crippen LogP) is 2.38. The zero-order valence-electron chi connectivity index (χ0n) is 11.5. The summed E-state index contributed by atoms with van der Waals surface area (Å²) in [6, 6.07) is 4.04. The molecular formula is C16H14N2O4. The number of carboxylic acid groups (broad SMARTS) is 1. The molecule has 0 bridgehead atoms. The lowest BCUT2D eigenvalue weighted by atomic mass is 10.0. The molecule has 0 aliphatic carbocycles. The third-order valence-electron chi connectivity index (χ3n) is 3.53. The molecule has 2 aromatic rings. The van der Waals surface area contributed by atoms with Crippen LogP contribution in [-0.2, 0) is 4.79 Å². The maximum atomic E-state index is 11.0. The number of carboxylic acids is 1. The molecule has 22 heavy (non-hydrogen) atoms. The second-order valence-electron chi connectivity index (χ2n) is 5.04. The van der Waals surface area contributed by atoms with Crippen LogP contribution in [0.25, 0.3) is 17.1 Å². The van der Waals surface area contributed by atoms with E-state index in [9.17, 15) is 15.0 Å². The lowest BCUT2D eigenvalue weighted by molar-refractivity contribution is -0.138. The molecule has 2 heterocycles. The maximum absolute atomic E-state index is 11.0. The standard InChI is InChI=1S/C16H14N2O4/c19-14-8-11-3-6-18(13(11)9-15(14)20)5-2-10-1-4-17-12(7-10)16(21)22/h1-6,8-9,12,19-20H,7H2,(H,21,22)/t12-/m0/s1. The molecule has 1 aliphatic rings. The van der Waals surface area contributed by atoms with Crippen molar-refractivity contribution in [2.45, 2.75) is 12.5 Å². The molecule has 0 unspecified atom stereocenters.